The zero-order chi connectivity index (χ0) is 12.4. The molecule has 0 spiro atoms. The summed E-state index contributed by atoms with van der Waals surface area (Å²) in [6.07, 6.45) is 0. The molecule has 0 atom stereocenters. The second-order valence-electron chi connectivity index (χ2n) is 4.22. The standard InChI is InChI=1S/C13H14N2O2/c1-8(2)10-11(15-13(17)14-10)12(16)9-6-4-3-5-7-9/h3-8H,1-2H3,(H2,14,15,17). The lowest BCUT2D eigenvalue weighted by molar-refractivity contribution is 0.103. The maximum absolute atomic E-state index is 12.2. The first-order valence-corrected chi connectivity index (χ1v) is 5.51. The second kappa shape index (κ2) is 4.41. The molecule has 88 valence electrons. The van der Waals surface area contributed by atoms with Crippen LogP contribution < -0.4 is 5.69 Å². The van der Waals surface area contributed by atoms with Crippen LogP contribution in [0.2, 0.25) is 0 Å². The van der Waals surface area contributed by atoms with E-state index in [1.54, 1.807) is 24.3 Å². The Morgan fingerprint density at radius 3 is 2.35 bits per heavy atom. The summed E-state index contributed by atoms with van der Waals surface area (Å²) < 4.78 is 0. The lowest BCUT2D eigenvalue weighted by atomic mass is 10.0. The molecule has 2 aromatic rings. The SMILES string of the molecule is CC(C)c1[nH]c(=O)[nH]c1C(=O)c1ccccc1. The van der Waals surface area contributed by atoms with Gasteiger partial charge in [0, 0.05) is 11.3 Å². The number of carbonyl (C=O) groups excluding carboxylic acids is 1. The van der Waals surface area contributed by atoms with Crippen LogP contribution in [0.25, 0.3) is 0 Å². The van der Waals surface area contributed by atoms with Crippen molar-refractivity contribution >= 4 is 5.78 Å². The third-order valence-electron chi connectivity index (χ3n) is 2.60. The van der Waals surface area contributed by atoms with E-state index in [4.69, 9.17) is 0 Å². The summed E-state index contributed by atoms with van der Waals surface area (Å²) >= 11 is 0. The predicted molar refractivity (Wildman–Crippen MR) is 65.4 cm³/mol. The van der Waals surface area contributed by atoms with Crippen LogP contribution in [-0.4, -0.2) is 15.8 Å². The number of H-pyrrole nitrogens is 2. The zero-order valence-corrected chi connectivity index (χ0v) is 9.78. The van der Waals surface area contributed by atoms with E-state index in [1.165, 1.54) is 0 Å². The maximum atomic E-state index is 12.2. The topological polar surface area (TPSA) is 65.7 Å². The molecule has 0 amide bonds. The van der Waals surface area contributed by atoms with E-state index in [0.717, 1.165) is 0 Å². The van der Waals surface area contributed by atoms with Gasteiger partial charge in [0.2, 0.25) is 5.78 Å². The minimum atomic E-state index is -0.340. The van der Waals surface area contributed by atoms with E-state index < -0.39 is 0 Å². The van der Waals surface area contributed by atoms with Gasteiger partial charge in [-0.3, -0.25) is 4.79 Å². The smallest absolute Gasteiger partial charge is 0.309 e. The van der Waals surface area contributed by atoms with Crippen molar-refractivity contribution in [3.8, 4) is 0 Å². The molecule has 4 heteroatoms. The number of aromatic amines is 2. The van der Waals surface area contributed by atoms with E-state index in [9.17, 15) is 9.59 Å². The first kappa shape index (κ1) is 11.4. The van der Waals surface area contributed by atoms with Crippen molar-refractivity contribution < 1.29 is 4.79 Å². The van der Waals surface area contributed by atoms with Crippen molar-refractivity contribution in [3.63, 3.8) is 0 Å². The van der Waals surface area contributed by atoms with E-state index in [0.29, 0.717) is 17.0 Å². The molecule has 2 rings (SSSR count). The Bertz CT molecular complexity index is 579. The summed E-state index contributed by atoms with van der Waals surface area (Å²) in [5.74, 6) is -0.0655. The molecule has 1 heterocycles. The molecule has 1 aromatic carbocycles. The molecule has 0 saturated heterocycles. The first-order valence-electron chi connectivity index (χ1n) is 5.51. The summed E-state index contributed by atoms with van der Waals surface area (Å²) in [6, 6.07) is 8.91. The van der Waals surface area contributed by atoms with E-state index in [2.05, 4.69) is 9.97 Å². The maximum Gasteiger partial charge on any atom is 0.323 e. The van der Waals surface area contributed by atoms with Gasteiger partial charge in [-0.1, -0.05) is 44.2 Å². The third kappa shape index (κ3) is 2.20. The molecule has 0 aliphatic heterocycles. The van der Waals surface area contributed by atoms with Crippen molar-refractivity contribution in [2.75, 3.05) is 0 Å². The zero-order valence-electron chi connectivity index (χ0n) is 9.78. The molecular formula is C13H14N2O2. The molecule has 0 unspecified atom stereocenters. The summed E-state index contributed by atoms with van der Waals surface area (Å²) in [4.78, 5) is 28.7. The quantitative estimate of drug-likeness (QED) is 0.792. The largest absolute Gasteiger partial charge is 0.323 e. The normalized spacial score (nSPS) is 10.8. The fourth-order valence-electron chi connectivity index (χ4n) is 1.74. The lowest BCUT2D eigenvalue weighted by Gasteiger charge is -2.05. The Kier molecular flexibility index (Phi) is 2.95. The second-order valence-corrected chi connectivity index (χ2v) is 4.22. The van der Waals surface area contributed by atoms with Crippen LogP contribution in [0.3, 0.4) is 0 Å². The van der Waals surface area contributed by atoms with Crippen LogP contribution in [0.5, 0.6) is 0 Å². The van der Waals surface area contributed by atoms with Gasteiger partial charge in [0.1, 0.15) is 5.69 Å². The summed E-state index contributed by atoms with van der Waals surface area (Å²) in [7, 11) is 0. The molecule has 17 heavy (non-hydrogen) atoms. The first-order chi connectivity index (χ1) is 8.09. The molecule has 0 aliphatic rings. The van der Waals surface area contributed by atoms with Crippen molar-refractivity contribution in [2.45, 2.75) is 19.8 Å². The number of carbonyl (C=O) groups is 1. The van der Waals surface area contributed by atoms with Crippen LogP contribution in [0.4, 0.5) is 0 Å². The number of nitrogens with one attached hydrogen (secondary N) is 2. The summed E-state index contributed by atoms with van der Waals surface area (Å²) in [5.41, 5.74) is 1.25. The predicted octanol–water partition coefficient (Wildman–Crippen LogP) is 2.06. The number of aromatic nitrogens is 2. The molecule has 4 nitrogen and oxygen atoms in total. The Hall–Kier alpha value is -2.10. The molecule has 0 aliphatic carbocycles. The van der Waals surface area contributed by atoms with Crippen molar-refractivity contribution in [3.05, 3.63) is 57.8 Å². The molecule has 2 N–H and O–H groups in total. The van der Waals surface area contributed by atoms with Gasteiger partial charge in [-0.25, -0.2) is 4.79 Å². The highest BCUT2D eigenvalue weighted by Crippen LogP contribution is 2.17. The van der Waals surface area contributed by atoms with Gasteiger partial charge in [0.25, 0.3) is 0 Å². The molecule has 0 fully saturated rings. The Morgan fingerprint density at radius 1 is 1.12 bits per heavy atom. The minimum absolute atomic E-state index is 0.0941. The highest BCUT2D eigenvalue weighted by atomic mass is 16.1. The molecule has 0 bridgehead atoms. The fraction of sp³-hybridized carbons (Fsp3) is 0.231. The number of ketones is 1. The van der Waals surface area contributed by atoms with Crippen LogP contribution >= 0.6 is 0 Å². The van der Waals surface area contributed by atoms with Gasteiger partial charge in [-0.15, -0.1) is 0 Å². The number of rotatable bonds is 3. The Balaban J connectivity index is 2.48. The number of hydrogen-bond donors (Lipinski definition) is 2. The lowest BCUT2D eigenvalue weighted by Crippen LogP contribution is -2.07. The van der Waals surface area contributed by atoms with Crippen molar-refractivity contribution in [2.24, 2.45) is 0 Å². The number of benzene rings is 1. The molecule has 0 radical (unpaired) electrons. The summed E-state index contributed by atoms with van der Waals surface area (Å²) in [6.45, 7) is 3.86. The van der Waals surface area contributed by atoms with E-state index in [1.807, 2.05) is 19.9 Å². The molecular weight excluding hydrogens is 216 g/mol. The van der Waals surface area contributed by atoms with Crippen LogP contribution in [-0.2, 0) is 0 Å². The van der Waals surface area contributed by atoms with Crippen LogP contribution in [0.15, 0.2) is 35.1 Å². The van der Waals surface area contributed by atoms with Crippen LogP contribution in [0.1, 0.15) is 41.5 Å². The van der Waals surface area contributed by atoms with Crippen molar-refractivity contribution in [1.29, 1.82) is 0 Å². The average molecular weight is 230 g/mol. The van der Waals surface area contributed by atoms with Gasteiger partial charge in [-0.05, 0) is 5.92 Å². The van der Waals surface area contributed by atoms with Gasteiger partial charge in [0.15, 0.2) is 0 Å². The molecule has 1 aromatic heterocycles. The fourth-order valence-corrected chi connectivity index (χ4v) is 1.74. The van der Waals surface area contributed by atoms with Crippen molar-refractivity contribution in [1.82, 2.24) is 9.97 Å². The van der Waals surface area contributed by atoms with Gasteiger partial charge < -0.3 is 9.97 Å². The van der Waals surface area contributed by atoms with Gasteiger partial charge >= 0.3 is 5.69 Å². The van der Waals surface area contributed by atoms with Gasteiger partial charge in [0.05, 0.1) is 0 Å². The third-order valence-corrected chi connectivity index (χ3v) is 2.60. The highest BCUT2D eigenvalue weighted by Gasteiger charge is 2.18. The highest BCUT2D eigenvalue weighted by molar-refractivity contribution is 6.08. The van der Waals surface area contributed by atoms with E-state index in [-0.39, 0.29) is 17.4 Å². The number of imidazole rings is 1. The van der Waals surface area contributed by atoms with Gasteiger partial charge in [-0.2, -0.15) is 0 Å². The Morgan fingerprint density at radius 2 is 1.76 bits per heavy atom. The number of hydrogen-bond acceptors (Lipinski definition) is 2. The molecule has 0 saturated carbocycles. The monoisotopic (exact) mass is 230 g/mol. The Labute approximate surface area is 98.7 Å². The van der Waals surface area contributed by atoms with Crippen LogP contribution in [0, 0.1) is 0 Å². The summed E-state index contributed by atoms with van der Waals surface area (Å²) in [5, 5.41) is 0. The minimum Gasteiger partial charge on any atom is -0.309 e. The average Bonchev–Trinajstić information content (AvgIpc) is 2.72. The van der Waals surface area contributed by atoms with E-state index >= 15 is 0 Å².